The average Bonchev–Trinajstić information content (AvgIpc) is 2.89. The fraction of sp³-hybridized carbons (Fsp3) is 0.222. The maximum Gasteiger partial charge on any atom is 0.135 e. The highest BCUT2D eigenvalue weighted by atomic mass is 16.3. The fourth-order valence-corrected chi connectivity index (χ4v) is 2.45. The van der Waals surface area contributed by atoms with Gasteiger partial charge in [0.1, 0.15) is 11.3 Å². The van der Waals surface area contributed by atoms with E-state index in [9.17, 15) is 0 Å². The number of aryl methyl sites for hydroxylation is 1. The van der Waals surface area contributed by atoms with Crippen LogP contribution in [0.4, 0.5) is 0 Å². The molecule has 0 radical (unpaired) electrons. The first-order valence-corrected chi connectivity index (χ1v) is 7.07. The van der Waals surface area contributed by atoms with Crippen molar-refractivity contribution in [1.82, 2.24) is 5.32 Å². The van der Waals surface area contributed by atoms with Gasteiger partial charge in [-0.3, -0.25) is 0 Å². The maximum absolute atomic E-state index is 6.00. The number of furan rings is 1. The lowest BCUT2D eigenvalue weighted by atomic mass is 10.0. The van der Waals surface area contributed by atoms with Crippen LogP contribution in [0.2, 0.25) is 0 Å². The summed E-state index contributed by atoms with van der Waals surface area (Å²) in [7, 11) is 0. The second kappa shape index (κ2) is 5.51. The Bertz CT molecular complexity index is 694. The molecule has 0 aliphatic heterocycles. The summed E-state index contributed by atoms with van der Waals surface area (Å²) in [5.74, 6) is 0.947. The molecule has 1 N–H and O–H groups in total. The van der Waals surface area contributed by atoms with Crippen LogP contribution in [0, 0.1) is 6.92 Å². The molecule has 0 saturated heterocycles. The van der Waals surface area contributed by atoms with Crippen molar-refractivity contribution in [3.63, 3.8) is 0 Å². The molecule has 102 valence electrons. The maximum atomic E-state index is 6.00. The van der Waals surface area contributed by atoms with Crippen LogP contribution in [0.5, 0.6) is 0 Å². The van der Waals surface area contributed by atoms with Crippen molar-refractivity contribution >= 4 is 11.0 Å². The first-order valence-electron chi connectivity index (χ1n) is 7.07. The number of nitrogens with one attached hydrogen (secondary N) is 1. The SMILES string of the molecule is CCNCc1ccc(C)cc1-c1cc2ccccc2o1. The summed E-state index contributed by atoms with van der Waals surface area (Å²) >= 11 is 0. The van der Waals surface area contributed by atoms with Crippen LogP contribution in [0.25, 0.3) is 22.3 Å². The topological polar surface area (TPSA) is 25.2 Å². The van der Waals surface area contributed by atoms with Gasteiger partial charge in [-0.1, -0.05) is 42.8 Å². The number of fused-ring (bicyclic) bond motifs is 1. The molecule has 20 heavy (non-hydrogen) atoms. The summed E-state index contributed by atoms with van der Waals surface area (Å²) in [6.45, 7) is 6.06. The highest BCUT2D eigenvalue weighted by molar-refractivity contribution is 5.83. The lowest BCUT2D eigenvalue weighted by Crippen LogP contribution is -2.12. The van der Waals surface area contributed by atoms with Gasteiger partial charge in [-0.25, -0.2) is 0 Å². The molecule has 0 amide bonds. The van der Waals surface area contributed by atoms with Gasteiger partial charge in [0.2, 0.25) is 0 Å². The average molecular weight is 265 g/mol. The molecule has 0 spiro atoms. The number of para-hydroxylation sites is 1. The monoisotopic (exact) mass is 265 g/mol. The van der Waals surface area contributed by atoms with Gasteiger partial charge in [0.25, 0.3) is 0 Å². The molecule has 0 atom stereocenters. The van der Waals surface area contributed by atoms with Crippen molar-refractivity contribution < 1.29 is 4.42 Å². The van der Waals surface area contributed by atoms with Crippen molar-refractivity contribution in [2.45, 2.75) is 20.4 Å². The van der Waals surface area contributed by atoms with Gasteiger partial charge >= 0.3 is 0 Å². The number of benzene rings is 2. The second-order valence-electron chi connectivity index (χ2n) is 5.09. The van der Waals surface area contributed by atoms with Crippen LogP contribution in [-0.2, 0) is 6.54 Å². The molecule has 3 aromatic rings. The number of hydrogen-bond acceptors (Lipinski definition) is 2. The van der Waals surface area contributed by atoms with E-state index < -0.39 is 0 Å². The minimum atomic E-state index is 0.864. The third kappa shape index (κ3) is 2.47. The predicted molar refractivity (Wildman–Crippen MR) is 83.8 cm³/mol. The Morgan fingerprint density at radius 1 is 1.05 bits per heavy atom. The summed E-state index contributed by atoms with van der Waals surface area (Å²) < 4.78 is 6.00. The van der Waals surface area contributed by atoms with E-state index in [0.29, 0.717) is 0 Å². The highest BCUT2D eigenvalue weighted by Crippen LogP contribution is 2.30. The Labute approximate surface area is 119 Å². The van der Waals surface area contributed by atoms with Crippen molar-refractivity contribution in [2.24, 2.45) is 0 Å². The van der Waals surface area contributed by atoms with Crippen LogP contribution < -0.4 is 5.32 Å². The molecule has 0 aliphatic rings. The number of hydrogen-bond donors (Lipinski definition) is 1. The van der Waals surface area contributed by atoms with Gasteiger partial charge in [-0.2, -0.15) is 0 Å². The molecule has 2 heteroatoms. The summed E-state index contributed by atoms with van der Waals surface area (Å²) in [6, 6.07) is 16.8. The van der Waals surface area contributed by atoms with Crippen LogP contribution in [0.1, 0.15) is 18.1 Å². The Morgan fingerprint density at radius 3 is 2.70 bits per heavy atom. The Morgan fingerprint density at radius 2 is 1.90 bits per heavy atom. The van der Waals surface area contributed by atoms with Crippen LogP contribution in [-0.4, -0.2) is 6.54 Å². The summed E-state index contributed by atoms with van der Waals surface area (Å²) in [6.07, 6.45) is 0. The van der Waals surface area contributed by atoms with Gasteiger partial charge in [-0.05, 0) is 37.2 Å². The summed E-state index contributed by atoms with van der Waals surface area (Å²) in [4.78, 5) is 0. The van der Waals surface area contributed by atoms with E-state index in [1.807, 2.05) is 18.2 Å². The second-order valence-corrected chi connectivity index (χ2v) is 5.09. The van der Waals surface area contributed by atoms with Crippen molar-refractivity contribution in [3.05, 3.63) is 59.7 Å². The lowest BCUT2D eigenvalue weighted by molar-refractivity contribution is 0.628. The van der Waals surface area contributed by atoms with Crippen molar-refractivity contribution in [2.75, 3.05) is 6.54 Å². The van der Waals surface area contributed by atoms with E-state index in [0.717, 1.165) is 29.8 Å². The zero-order chi connectivity index (χ0) is 13.9. The normalized spacial score (nSPS) is 11.1. The summed E-state index contributed by atoms with van der Waals surface area (Å²) in [5.41, 5.74) is 4.65. The molecule has 1 aromatic heterocycles. The summed E-state index contributed by atoms with van der Waals surface area (Å²) in [5, 5.41) is 4.54. The molecular formula is C18H19NO. The predicted octanol–water partition coefficient (Wildman–Crippen LogP) is 4.52. The largest absolute Gasteiger partial charge is 0.456 e. The van der Waals surface area contributed by atoms with Crippen LogP contribution in [0.15, 0.2) is 52.9 Å². The number of rotatable bonds is 4. The van der Waals surface area contributed by atoms with Gasteiger partial charge in [-0.15, -0.1) is 0 Å². The van der Waals surface area contributed by atoms with E-state index in [2.05, 4.69) is 49.5 Å². The van der Waals surface area contributed by atoms with Crippen LogP contribution in [0.3, 0.4) is 0 Å². The minimum absolute atomic E-state index is 0.864. The van der Waals surface area contributed by atoms with Gasteiger partial charge in [0.15, 0.2) is 0 Å². The third-order valence-corrected chi connectivity index (χ3v) is 3.52. The zero-order valence-corrected chi connectivity index (χ0v) is 11.9. The Hall–Kier alpha value is -2.06. The van der Waals surface area contributed by atoms with Crippen molar-refractivity contribution in [3.8, 4) is 11.3 Å². The highest BCUT2D eigenvalue weighted by Gasteiger charge is 2.10. The van der Waals surface area contributed by atoms with Gasteiger partial charge in [0.05, 0.1) is 0 Å². The minimum Gasteiger partial charge on any atom is -0.456 e. The van der Waals surface area contributed by atoms with Gasteiger partial charge in [0, 0.05) is 17.5 Å². The molecule has 0 fully saturated rings. The molecule has 3 rings (SSSR count). The quantitative estimate of drug-likeness (QED) is 0.750. The van der Waals surface area contributed by atoms with E-state index >= 15 is 0 Å². The first kappa shape index (κ1) is 12.9. The third-order valence-electron chi connectivity index (χ3n) is 3.52. The lowest BCUT2D eigenvalue weighted by Gasteiger charge is -2.09. The fourth-order valence-electron chi connectivity index (χ4n) is 2.45. The smallest absolute Gasteiger partial charge is 0.135 e. The van der Waals surface area contributed by atoms with E-state index in [1.165, 1.54) is 16.7 Å². The molecule has 0 aliphatic carbocycles. The molecule has 2 aromatic carbocycles. The van der Waals surface area contributed by atoms with E-state index in [4.69, 9.17) is 4.42 Å². The molecular weight excluding hydrogens is 246 g/mol. The van der Waals surface area contributed by atoms with Crippen molar-refractivity contribution in [1.29, 1.82) is 0 Å². The Balaban J connectivity index is 2.09. The standard InChI is InChI=1S/C18H19NO/c1-3-19-12-15-9-8-13(2)10-16(15)18-11-14-6-4-5-7-17(14)20-18/h4-11,19H,3,12H2,1-2H3. The molecule has 2 nitrogen and oxygen atoms in total. The zero-order valence-electron chi connectivity index (χ0n) is 11.9. The molecule has 1 heterocycles. The van der Waals surface area contributed by atoms with Crippen LogP contribution >= 0.6 is 0 Å². The molecule has 0 unspecified atom stereocenters. The molecule has 0 saturated carbocycles. The first-order chi connectivity index (χ1) is 9.78. The van der Waals surface area contributed by atoms with E-state index in [1.54, 1.807) is 0 Å². The van der Waals surface area contributed by atoms with E-state index in [-0.39, 0.29) is 0 Å². The molecule has 0 bridgehead atoms. The Kier molecular flexibility index (Phi) is 3.57. The van der Waals surface area contributed by atoms with Gasteiger partial charge < -0.3 is 9.73 Å².